The van der Waals surface area contributed by atoms with Crippen LogP contribution in [0.2, 0.25) is 0 Å². The summed E-state index contributed by atoms with van der Waals surface area (Å²) in [6, 6.07) is 0.561. The molecule has 0 radical (unpaired) electrons. The van der Waals surface area contributed by atoms with Crippen LogP contribution in [0.15, 0.2) is 0 Å². The molecule has 2 aliphatic carbocycles. The third kappa shape index (κ3) is 5.28. The summed E-state index contributed by atoms with van der Waals surface area (Å²) in [6.07, 6.45) is 8.62. The number of aliphatic hydroxyl groups is 1. The maximum atomic E-state index is 10.1. The average molecular weight is 445 g/mol. The molecule has 9 atom stereocenters. The van der Waals surface area contributed by atoms with Gasteiger partial charge in [0.15, 0.2) is 0 Å². The SMILES string of the molecule is COC1CC(C2NC(CSC3NNC(C4CCCCC4C)N3C)CS2)CCC1O. The lowest BCUT2D eigenvalue weighted by Gasteiger charge is -2.36. The zero-order valence-corrected chi connectivity index (χ0v) is 19.8. The minimum atomic E-state index is -0.287. The molecule has 4 fully saturated rings. The Balaban J connectivity index is 1.21. The Morgan fingerprint density at radius 2 is 2.00 bits per heavy atom. The Bertz CT molecular complexity index is 531. The van der Waals surface area contributed by atoms with E-state index in [1.165, 1.54) is 31.4 Å². The van der Waals surface area contributed by atoms with E-state index in [4.69, 9.17) is 4.74 Å². The normalized spacial score (nSPS) is 47.0. The van der Waals surface area contributed by atoms with Crippen molar-refractivity contribution in [1.82, 2.24) is 21.1 Å². The molecule has 4 rings (SSSR count). The van der Waals surface area contributed by atoms with Gasteiger partial charge in [0, 0.05) is 24.7 Å². The molecule has 2 saturated heterocycles. The first-order chi connectivity index (χ1) is 14.1. The molecule has 2 aliphatic heterocycles. The fraction of sp³-hybridized carbons (Fsp3) is 1.00. The quantitative estimate of drug-likeness (QED) is 0.498. The molecule has 29 heavy (non-hydrogen) atoms. The molecular weight excluding hydrogens is 404 g/mol. The lowest BCUT2D eigenvalue weighted by molar-refractivity contribution is -0.0513. The molecule has 0 aromatic rings. The van der Waals surface area contributed by atoms with Gasteiger partial charge in [0.05, 0.1) is 23.7 Å². The molecular formula is C21H40N4O2S2. The summed E-state index contributed by atoms with van der Waals surface area (Å²) in [5, 5.41) is 14.5. The summed E-state index contributed by atoms with van der Waals surface area (Å²) < 4.78 is 5.50. The zero-order chi connectivity index (χ0) is 20.4. The lowest BCUT2D eigenvalue weighted by Crippen LogP contribution is -2.45. The molecule has 168 valence electrons. The van der Waals surface area contributed by atoms with Crippen molar-refractivity contribution < 1.29 is 9.84 Å². The van der Waals surface area contributed by atoms with Crippen molar-refractivity contribution in [1.29, 1.82) is 0 Å². The van der Waals surface area contributed by atoms with Crippen LogP contribution in [-0.4, -0.2) is 71.0 Å². The van der Waals surface area contributed by atoms with E-state index in [2.05, 4.69) is 46.8 Å². The average Bonchev–Trinajstić information content (AvgIpc) is 3.34. The van der Waals surface area contributed by atoms with Gasteiger partial charge in [0.2, 0.25) is 0 Å². The van der Waals surface area contributed by atoms with Crippen molar-refractivity contribution in [2.24, 2.45) is 17.8 Å². The minimum absolute atomic E-state index is 0.00565. The third-order valence-electron chi connectivity index (χ3n) is 7.61. The molecule has 0 aromatic carbocycles. The van der Waals surface area contributed by atoms with Gasteiger partial charge in [0.1, 0.15) is 5.50 Å². The highest BCUT2D eigenvalue weighted by atomic mass is 32.2. The first kappa shape index (κ1) is 22.6. The minimum Gasteiger partial charge on any atom is -0.390 e. The van der Waals surface area contributed by atoms with E-state index in [1.54, 1.807) is 7.11 Å². The van der Waals surface area contributed by atoms with Crippen molar-refractivity contribution >= 4 is 23.5 Å². The van der Waals surface area contributed by atoms with Gasteiger partial charge in [-0.2, -0.15) is 0 Å². The highest BCUT2D eigenvalue weighted by Gasteiger charge is 2.40. The van der Waals surface area contributed by atoms with Gasteiger partial charge in [-0.15, -0.1) is 23.5 Å². The fourth-order valence-corrected chi connectivity index (χ4v) is 8.44. The van der Waals surface area contributed by atoms with Crippen LogP contribution >= 0.6 is 23.5 Å². The highest BCUT2D eigenvalue weighted by Crippen LogP contribution is 2.38. The molecule has 2 heterocycles. The first-order valence-electron chi connectivity index (χ1n) is 11.5. The van der Waals surface area contributed by atoms with E-state index >= 15 is 0 Å². The first-order valence-corrected chi connectivity index (χ1v) is 13.6. The number of hydrogen-bond acceptors (Lipinski definition) is 8. The maximum absolute atomic E-state index is 10.1. The Morgan fingerprint density at radius 3 is 2.79 bits per heavy atom. The van der Waals surface area contributed by atoms with E-state index in [0.717, 1.165) is 36.9 Å². The zero-order valence-electron chi connectivity index (χ0n) is 18.2. The molecule has 4 N–H and O–H groups in total. The number of aliphatic hydroxyl groups excluding tert-OH is 1. The predicted octanol–water partition coefficient (Wildman–Crippen LogP) is 2.40. The lowest BCUT2D eigenvalue weighted by atomic mass is 9.78. The topological polar surface area (TPSA) is 68.8 Å². The molecule has 0 bridgehead atoms. The molecule has 0 spiro atoms. The van der Waals surface area contributed by atoms with Crippen LogP contribution in [0.4, 0.5) is 0 Å². The van der Waals surface area contributed by atoms with Crippen LogP contribution in [0.1, 0.15) is 51.9 Å². The summed E-state index contributed by atoms with van der Waals surface area (Å²) >= 11 is 4.09. The fourth-order valence-electron chi connectivity index (χ4n) is 5.68. The van der Waals surface area contributed by atoms with Crippen molar-refractivity contribution in [3.05, 3.63) is 0 Å². The van der Waals surface area contributed by atoms with Gasteiger partial charge in [-0.3, -0.25) is 4.90 Å². The number of hydrazine groups is 1. The number of nitrogens with zero attached hydrogens (tertiary/aromatic N) is 1. The van der Waals surface area contributed by atoms with Gasteiger partial charge in [-0.05, 0) is 50.5 Å². The third-order valence-corrected chi connectivity index (χ3v) is 10.4. The van der Waals surface area contributed by atoms with Gasteiger partial charge >= 0.3 is 0 Å². The second-order valence-corrected chi connectivity index (χ2v) is 11.8. The number of ether oxygens (including phenoxy) is 1. The van der Waals surface area contributed by atoms with Gasteiger partial charge in [0.25, 0.3) is 0 Å². The molecule has 6 nitrogen and oxygen atoms in total. The largest absolute Gasteiger partial charge is 0.390 e. The van der Waals surface area contributed by atoms with Crippen LogP contribution in [0, 0.1) is 17.8 Å². The standard InChI is InChI=1S/C21H40N4O2S2/c1-13-6-4-5-7-16(13)19-23-24-21(25(19)2)29-12-15-11-28-20(22-15)14-8-9-17(26)18(10-14)27-3/h13-24,26H,4-12H2,1-3H3. The van der Waals surface area contributed by atoms with Crippen LogP contribution in [0.3, 0.4) is 0 Å². The van der Waals surface area contributed by atoms with Crippen LogP contribution in [0.25, 0.3) is 0 Å². The summed E-state index contributed by atoms with van der Waals surface area (Å²) in [5.41, 5.74) is 7.50. The van der Waals surface area contributed by atoms with Crippen LogP contribution in [0.5, 0.6) is 0 Å². The monoisotopic (exact) mass is 444 g/mol. The summed E-state index contributed by atoms with van der Waals surface area (Å²) in [4.78, 5) is 2.52. The maximum Gasteiger partial charge on any atom is 0.122 e. The number of thioether (sulfide) groups is 2. The molecule has 0 amide bonds. The Morgan fingerprint density at radius 1 is 1.17 bits per heavy atom. The predicted molar refractivity (Wildman–Crippen MR) is 123 cm³/mol. The van der Waals surface area contributed by atoms with Gasteiger partial charge in [-0.1, -0.05) is 26.2 Å². The van der Waals surface area contributed by atoms with E-state index in [9.17, 15) is 5.11 Å². The Labute approximate surface area is 185 Å². The second-order valence-electron chi connectivity index (χ2n) is 9.54. The summed E-state index contributed by atoms with van der Waals surface area (Å²) in [7, 11) is 4.00. The molecule has 4 aliphatic rings. The summed E-state index contributed by atoms with van der Waals surface area (Å²) in [5.74, 6) is 4.49. The number of methoxy groups -OCH3 is 1. The van der Waals surface area contributed by atoms with E-state index in [-0.39, 0.29) is 12.2 Å². The number of rotatable bonds is 6. The smallest absolute Gasteiger partial charge is 0.122 e. The summed E-state index contributed by atoms with van der Waals surface area (Å²) in [6.45, 7) is 2.43. The second kappa shape index (κ2) is 10.4. The van der Waals surface area contributed by atoms with E-state index in [0.29, 0.717) is 29.0 Å². The Kier molecular flexibility index (Phi) is 8.11. The number of hydrogen-bond donors (Lipinski definition) is 4. The van der Waals surface area contributed by atoms with Crippen molar-refractivity contribution in [3.8, 4) is 0 Å². The van der Waals surface area contributed by atoms with E-state index < -0.39 is 0 Å². The molecule has 2 saturated carbocycles. The van der Waals surface area contributed by atoms with Gasteiger partial charge < -0.3 is 15.2 Å². The van der Waals surface area contributed by atoms with Crippen LogP contribution in [-0.2, 0) is 4.74 Å². The van der Waals surface area contributed by atoms with Crippen molar-refractivity contribution in [3.63, 3.8) is 0 Å². The highest BCUT2D eigenvalue weighted by molar-refractivity contribution is 8.01. The molecule has 9 unspecified atom stereocenters. The molecule has 8 heteroatoms. The molecule has 0 aromatic heterocycles. The van der Waals surface area contributed by atoms with Crippen molar-refractivity contribution in [2.45, 2.75) is 87.2 Å². The van der Waals surface area contributed by atoms with Gasteiger partial charge in [-0.25, -0.2) is 10.9 Å². The Hall–Kier alpha value is 0.460. The number of nitrogens with one attached hydrogen (secondary N) is 3. The van der Waals surface area contributed by atoms with Crippen LogP contribution < -0.4 is 16.2 Å². The van der Waals surface area contributed by atoms with E-state index in [1.807, 2.05) is 11.8 Å². The van der Waals surface area contributed by atoms with Crippen molar-refractivity contribution in [2.75, 3.05) is 25.7 Å².